The van der Waals surface area contributed by atoms with Gasteiger partial charge < -0.3 is 0 Å². The number of hydrogen-bond donors (Lipinski definition) is 0. The maximum absolute atomic E-state index is 11.2. The van der Waals surface area contributed by atoms with E-state index in [1.54, 1.807) is 12.1 Å². The molecule has 0 amide bonds. The van der Waals surface area contributed by atoms with Gasteiger partial charge in [0.2, 0.25) is 0 Å². The normalized spacial score (nSPS) is 10.6. The third kappa shape index (κ3) is 4.27. The van der Waals surface area contributed by atoms with Gasteiger partial charge in [0.25, 0.3) is 17.1 Å². The Balaban J connectivity index is 1.75. The quantitative estimate of drug-likeness (QED) is 0.311. The number of nitrogens with zero attached hydrogens (tertiary/aromatic N) is 5. The highest BCUT2D eigenvalue weighted by Gasteiger charge is 2.20. The number of non-ortho nitro benzene ring substituents is 2. The summed E-state index contributed by atoms with van der Waals surface area (Å²) in [5.74, 6) is 0.184. The van der Waals surface area contributed by atoms with Crippen LogP contribution in [0, 0.1) is 30.3 Å². The fraction of sp³-hybridized carbons (Fsp3) is 0.0667. The molecule has 0 radical (unpaired) electrons. The topological polar surface area (TPSA) is 155 Å². The predicted octanol–water partition coefficient (Wildman–Crippen LogP) is 4.22. The Morgan fingerprint density at radius 2 is 1.50 bits per heavy atom. The predicted molar refractivity (Wildman–Crippen MR) is 101 cm³/mol. The Kier molecular flexibility index (Phi) is 5.56. The second-order valence-corrected chi connectivity index (χ2v) is 7.49. The van der Waals surface area contributed by atoms with Gasteiger partial charge in [-0.05, 0) is 18.2 Å². The van der Waals surface area contributed by atoms with Crippen molar-refractivity contribution in [1.82, 2.24) is 10.2 Å². The number of thioether (sulfide) groups is 1. The first-order chi connectivity index (χ1) is 13.3. The van der Waals surface area contributed by atoms with E-state index in [0.717, 1.165) is 6.07 Å². The van der Waals surface area contributed by atoms with Crippen LogP contribution in [0.1, 0.15) is 5.56 Å². The van der Waals surface area contributed by atoms with E-state index < -0.39 is 14.8 Å². The molecule has 11 nitrogen and oxygen atoms in total. The Morgan fingerprint density at radius 1 is 0.857 bits per heavy atom. The molecule has 13 heteroatoms. The number of hydrogen-bond acceptors (Lipinski definition) is 10. The van der Waals surface area contributed by atoms with Crippen molar-refractivity contribution >= 4 is 40.2 Å². The molecular weight excluding hydrogens is 410 g/mol. The standard InChI is InChI=1S/C15H9N5O6S2/c21-18(22)11-4-1-9(2-5-11)14-16-17-15(28-14)27-8-10-3-6-12(19(23)24)7-13(10)20(25)26/h1-7H,8H2. The fourth-order valence-corrected chi connectivity index (χ4v) is 4.06. The van der Waals surface area contributed by atoms with Crippen LogP contribution in [-0.2, 0) is 5.75 Å². The molecule has 0 spiro atoms. The highest BCUT2D eigenvalue weighted by molar-refractivity contribution is 8.00. The number of nitro groups is 3. The maximum atomic E-state index is 11.2. The minimum Gasteiger partial charge on any atom is -0.258 e. The molecule has 1 aromatic heterocycles. The second-order valence-electron chi connectivity index (χ2n) is 5.29. The van der Waals surface area contributed by atoms with Crippen LogP contribution in [-0.4, -0.2) is 25.0 Å². The summed E-state index contributed by atoms with van der Waals surface area (Å²) in [6.45, 7) is 0. The van der Waals surface area contributed by atoms with Crippen LogP contribution >= 0.6 is 23.1 Å². The van der Waals surface area contributed by atoms with Crippen molar-refractivity contribution < 1.29 is 14.8 Å². The van der Waals surface area contributed by atoms with Crippen LogP contribution < -0.4 is 0 Å². The minimum atomic E-state index is -0.689. The second kappa shape index (κ2) is 8.06. The van der Waals surface area contributed by atoms with E-state index in [-0.39, 0.29) is 22.8 Å². The van der Waals surface area contributed by atoms with Crippen molar-refractivity contribution in [3.8, 4) is 10.6 Å². The Bertz CT molecular complexity index is 1070. The van der Waals surface area contributed by atoms with Gasteiger partial charge in [-0.15, -0.1) is 10.2 Å². The maximum Gasteiger partial charge on any atom is 0.280 e. The summed E-state index contributed by atoms with van der Waals surface area (Å²) in [6.07, 6.45) is 0. The number of rotatable bonds is 7. The molecule has 0 bridgehead atoms. The van der Waals surface area contributed by atoms with E-state index in [9.17, 15) is 30.3 Å². The molecule has 0 aliphatic carbocycles. The number of nitro benzene ring substituents is 3. The molecule has 1 heterocycles. The average molecular weight is 419 g/mol. The lowest BCUT2D eigenvalue weighted by atomic mass is 10.2. The van der Waals surface area contributed by atoms with Gasteiger partial charge in [-0.25, -0.2) is 0 Å². The summed E-state index contributed by atoms with van der Waals surface area (Å²) in [7, 11) is 0. The van der Waals surface area contributed by atoms with Crippen molar-refractivity contribution in [1.29, 1.82) is 0 Å². The molecule has 2 aromatic carbocycles. The molecular formula is C15H9N5O6S2. The number of benzene rings is 2. The van der Waals surface area contributed by atoms with Crippen molar-refractivity contribution in [2.75, 3.05) is 0 Å². The third-order valence-electron chi connectivity index (χ3n) is 3.56. The molecule has 142 valence electrons. The van der Waals surface area contributed by atoms with E-state index in [1.165, 1.54) is 47.4 Å². The first kappa shape index (κ1) is 19.3. The van der Waals surface area contributed by atoms with Gasteiger partial charge in [-0.1, -0.05) is 23.1 Å². The van der Waals surface area contributed by atoms with Gasteiger partial charge in [0.15, 0.2) is 4.34 Å². The Labute approximate surface area is 164 Å². The van der Waals surface area contributed by atoms with E-state index in [4.69, 9.17) is 0 Å². The van der Waals surface area contributed by atoms with Crippen LogP contribution in [0.25, 0.3) is 10.6 Å². The Morgan fingerprint density at radius 3 is 2.11 bits per heavy atom. The first-order valence-corrected chi connectivity index (χ1v) is 9.28. The molecule has 3 rings (SSSR count). The summed E-state index contributed by atoms with van der Waals surface area (Å²) in [5.41, 5.74) is 0.274. The van der Waals surface area contributed by atoms with Crippen molar-refractivity contribution in [3.63, 3.8) is 0 Å². The highest BCUT2D eigenvalue weighted by Crippen LogP contribution is 2.34. The smallest absolute Gasteiger partial charge is 0.258 e. The zero-order valence-electron chi connectivity index (χ0n) is 13.8. The summed E-state index contributed by atoms with van der Waals surface area (Å²) < 4.78 is 0.543. The number of aromatic nitrogens is 2. The molecule has 0 atom stereocenters. The summed E-state index contributed by atoms with van der Waals surface area (Å²) in [6, 6.07) is 9.35. The van der Waals surface area contributed by atoms with Crippen molar-refractivity contribution in [3.05, 3.63) is 78.4 Å². The molecule has 3 aromatic rings. The van der Waals surface area contributed by atoms with Gasteiger partial charge in [0, 0.05) is 35.1 Å². The third-order valence-corrected chi connectivity index (χ3v) is 5.71. The molecule has 0 aliphatic heterocycles. The van der Waals surface area contributed by atoms with E-state index in [1.807, 2.05) is 0 Å². The zero-order valence-corrected chi connectivity index (χ0v) is 15.4. The lowest BCUT2D eigenvalue weighted by molar-refractivity contribution is -0.394. The molecule has 0 N–H and O–H groups in total. The molecule has 0 fully saturated rings. The molecule has 0 saturated heterocycles. The van der Waals surface area contributed by atoms with Gasteiger partial charge in [-0.3, -0.25) is 30.3 Å². The molecule has 0 aliphatic rings. The largest absolute Gasteiger partial charge is 0.280 e. The summed E-state index contributed by atoms with van der Waals surface area (Å²) >= 11 is 2.44. The van der Waals surface area contributed by atoms with Gasteiger partial charge in [0.05, 0.1) is 20.8 Å². The van der Waals surface area contributed by atoms with Crippen molar-refractivity contribution in [2.45, 2.75) is 10.1 Å². The molecule has 0 unspecified atom stereocenters. The lowest BCUT2D eigenvalue weighted by Gasteiger charge is -2.01. The van der Waals surface area contributed by atoms with Crippen LogP contribution in [0.3, 0.4) is 0 Å². The van der Waals surface area contributed by atoms with E-state index in [0.29, 0.717) is 20.5 Å². The van der Waals surface area contributed by atoms with Crippen molar-refractivity contribution in [2.24, 2.45) is 0 Å². The van der Waals surface area contributed by atoms with Crippen LogP contribution in [0.4, 0.5) is 17.1 Å². The minimum absolute atomic E-state index is 0.0339. The van der Waals surface area contributed by atoms with Crippen LogP contribution in [0.15, 0.2) is 46.8 Å². The van der Waals surface area contributed by atoms with Crippen LogP contribution in [0.2, 0.25) is 0 Å². The van der Waals surface area contributed by atoms with Gasteiger partial charge >= 0.3 is 0 Å². The SMILES string of the molecule is O=[N+]([O-])c1ccc(-c2nnc(SCc3ccc([N+](=O)[O-])cc3[N+](=O)[O-])s2)cc1. The lowest BCUT2D eigenvalue weighted by Crippen LogP contribution is -1.96. The van der Waals surface area contributed by atoms with E-state index in [2.05, 4.69) is 10.2 Å². The first-order valence-electron chi connectivity index (χ1n) is 7.48. The zero-order chi connectivity index (χ0) is 20.3. The monoisotopic (exact) mass is 419 g/mol. The van der Waals surface area contributed by atoms with E-state index >= 15 is 0 Å². The van der Waals surface area contributed by atoms with Crippen LogP contribution in [0.5, 0.6) is 0 Å². The van der Waals surface area contributed by atoms with Gasteiger partial charge in [0.1, 0.15) is 5.01 Å². The van der Waals surface area contributed by atoms with Gasteiger partial charge in [-0.2, -0.15) is 0 Å². The molecule has 0 saturated carbocycles. The summed E-state index contributed by atoms with van der Waals surface area (Å²) in [4.78, 5) is 30.8. The highest BCUT2D eigenvalue weighted by atomic mass is 32.2. The summed E-state index contributed by atoms with van der Waals surface area (Å²) in [5, 5.41) is 41.2. The Hall–Kier alpha value is -3.45. The fourth-order valence-electron chi connectivity index (χ4n) is 2.21. The average Bonchev–Trinajstić information content (AvgIpc) is 3.15. The molecule has 28 heavy (non-hydrogen) atoms.